The highest BCUT2D eigenvalue weighted by Gasteiger charge is 2.14. The molecule has 1 rings (SSSR count). The molecule has 0 bridgehead atoms. The standard InChI is InChI=1S/C5H9N3O/c6-4(9)2-1-3-5-7-8-5/h5H,1-3H2,(H2,6,9). The topological polar surface area (TPSA) is 67.8 Å². The zero-order valence-electron chi connectivity index (χ0n) is 5.08. The van der Waals surface area contributed by atoms with Gasteiger partial charge < -0.3 is 5.73 Å². The molecule has 1 heterocycles. The Kier molecular flexibility index (Phi) is 1.77. The summed E-state index contributed by atoms with van der Waals surface area (Å²) in [5.41, 5.74) is 4.90. The Morgan fingerprint density at radius 1 is 1.56 bits per heavy atom. The Morgan fingerprint density at radius 2 is 2.22 bits per heavy atom. The molecule has 0 radical (unpaired) electrons. The fourth-order valence-electron chi connectivity index (χ4n) is 0.621. The van der Waals surface area contributed by atoms with Gasteiger partial charge in [-0.3, -0.25) is 4.79 Å². The minimum absolute atomic E-state index is 0.185. The predicted molar refractivity (Wildman–Crippen MR) is 31.7 cm³/mol. The van der Waals surface area contributed by atoms with Crippen molar-refractivity contribution in [2.45, 2.75) is 25.4 Å². The van der Waals surface area contributed by atoms with E-state index in [1.807, 2.05) is 0 Å². The van der Waals surface area contributed by atoms with Crippen molar-refractivity contribution in [3.8, 4) is 0 Å². The molecule has 0 saturated heterocycles. The summed E-state index contributed by atoms with van der Waals surface area (Å²) < 4.78 is 0. The smallest absolute Gasteiger partial charge is 0.217 e. The number of carbonyl (C=O) groups excluding carboxylic acids is 1. The molecule has 4 heteroatoms. The maximum absolute atomic E-state index is 10.2. The number of amides is 1. The Hall–Kier alpha value is -0.930. The van der Waals surface area contributed by atoms with Crippen molar-refractivity contribution in [1.82, 2.24) is 0 Å². The van der Waals surface area contributed by atoms with Crippen molar-refractivity contribution >= 4 is 5.91 Å². The molecule has 1 amide bonds. The van der Waals surface area contributed by atoms with Gasteiger partial charge in [0.1, 0.15) is 0 Å². The maximum atomic E-state index is 10.2. The van der Waals surface area contributed by atoms with E-state index in [1.54, 1.807) is 0 Å². The fraction of sp³-hybridized carbons (Fsp3) is 0.800. The highest BCUT2D eigenvalue weighted by atomic mass is 16.1. The maximum Gasteiger partial charge on any atom is 0.217 e. The second-order valence-corrected chi connectivity index (χ2v) is 2.07. The molecule has 2 N–H and O–H groups in total. The van der Waals surface area contributed by atoms with Crippen LogP contribution in [0.5, 0.6) is 0 Å². The van der Waals surface area contributed by atoms with Crippen LogP contribution in [0.1, 0.15) is 19.3 Å². The first kappa shape index (κ1) is 6.19. The first-order valence-corrected chi connectivity index (χ1v) is 2.97. The van der Waals surface area contributed by atoms with Crippen LogP contribution in [0.3, 0.4) is 0 Å². The number of rotatable bonds is 4. The molecular formula is C5H9N3O. The Morgan fingerprint density at radius 3 is 2.67 bits per heavy atom. The Labute approximate surface area is 53.1 Å². The van der Waals surface area contributed by atoms with Gasteiger partial charge in [-0.15, -0.1) is 0 Å². The summed E-state index contributed by atoms with van der Waals surface area (Å²) in [6.07, 6.45) is 2.33. The zero-order valence-corrected chi connectivity index (χ0v) is 5.08. The molecule has 0 aromatic heterocycles. The lowest BCUT2D eigenvalue weighted by molar-refractivity contribution is -0.118. The minimum atomic E-state index is -0.240. The largest absolute Gasteiger partial charge is 0.370 e. The average molecular weight is 127 g/mol. The molecule has 4 nitrogen and oxygen atoms in total. The van der Waals surface area contributed by atoms with E-state index >= 15 is 0 Å². The normalized spacial score (nSPS) is 16.0. The first-order valence-electron chi connectivity index (χ1n) is 2.97. The Balaban J connectivity index is 1.87. The van der Waals surface area contributed by atoms with E-state index in [4.69, 9.17) is 5.73 Å². The SMILES string of the molecule is NC(=O)CCCC1N=N1. The second kappa shape index (κ2) is 2.57. The van der Waals surface area contributed by atoms with Crippen LogP contribution >= 0.6 is 0 Å². The lowest BCUT2D eigenvalue weighted by atomic mass is 10.2. The highest BCUT2D eigenvalue weighted by molar-refractivity contribution is 5.73. The number of hydrogen-bond acceptors (Lipinski definition) is 3. The molecule has 0 aromatic rings. The van der Waals surface area contributed by atoms with Crippen LogP contribution in [0.2, 0.25) is 0 Å². The number of nitrogens with two attached hydrogens (primary N) is 1. The Bertz CT molecular complexity index is 137. The van der Waals surface area contributed by atoms with Crippen molar-refractivity contribution in [3.63, 3.8) is 0 Å². The van der Waals surface area contributed by atoms with Crippen molar-refractivity contribution in [2.75, 3.05) is 0 Å². The highest BCUT2D eigenvalue weighted by Crippen LogP contribution is 2.16. The van der Waals surface area contributed by atoms with E-state index in [1.165, 1.54) is 0 Å². The van der Waals surface area contributed by atoms with Crippen molar-refractivity contribution in [3.05, 3.63) is 0 Å². The lowest BCUT2D eigenvalue weighted by Crippen LogP contribution is -2.09. The summed E-state index contributed by atoms with van der Waals surface area (Å²) in [4.78, 5) is 10.2. The van der Waals surface area contributed by atoms with E-state index in [9.17, 15) is 4.79 Å². The second-order valence-electron chi connectivity index (χ2n) is 2.07. The fourth-order valence-corrected chi connectivity index (χ4v) is 0.621. The molecule has 0 aromatic carbocycles. The van der Waals surface area contributed by atoms with Gasteiger partial charge in [0.25, 0.3) is 0 Å². The van der Waals surface area contributed by atoms with Crippen molar-refractivity contribution < 1.29 is 4.79 Å². The van der Waals surface area contributed by atoms with Crippen LogP contribution in [-0.4, -0.2) is 12.1 Å². The van der Waals surface area contributed by atoms with E-state index in [0.717, 1.165) is 12.8 Å². The van der Waals surface area contributed by atoms with Gasteiger partial charge in [-0.2, -0.15) is 10.2 Å². The summed E-state index contributed by atoms with van der Waals surface area (Å²) >= 11 is 0. The zero-order chi connectivity index (χ0) is 6.69. The van der Waals surface area contributed by atoms with Gasteiger partial charge in [0.2, 0.25) is 5.91 Å². The number of hydrogen-bond donors (Lipinski definition) is 1. The van der Waals surface area contributed by atoms with Gasteiger partial charge in [-0.25, -0.2) is 0 Å². The molecule has 1 aliphatic rings. The molecule has 0 atom stereocenters. The van der Waals surface area contributed by atoms with Crippen LogP contribution in [0.4, 0.5) is 0 Å². The summed E-state index contributed by atoms with van der Waals surface area (Å²) in [6.45, 7) is 0. The molecule has 0 unspecified atom stereocenters. The quantitative estimate of drug-likeness (QED) is 0.584. The van der Waals surface area contributed by atoms with Crippen LogP contribution in [0, 0.1) is 0 Å². The average Bonchev–Trinajstić information content (AvgIpc) is 2.48. The monoisotopic (exact) mass is 127 g/mol. The molecule has 9 heavy (non-hydrogen) atoms. The molecule has 0 spiro atoms. The van der Waals surface area contributed by atoms with Crippen molar-refractivity contribution in [2.24, 2.45) is 16.0 Å². The van der Waals surface area contributed by atoms with Gasteiger partial charge >= 0.3 is 0 Å². The molecule has 0 fully saturated rings. The van der Waals surface area contributed by atoms with E-state index < -0.39 is 0 Å². The first-order chi connectivity index (χ1) is 4.29. The number of nitrogens with zero attached hydrogens (tertiary/aromatic N) is 2. The summed E-state index contributed by atoms with van der Waals surface area (Å²) in [5.74, 6) is -0.240. The van der Waals surface area contributed by atoms with Gasteiger partial charge in [0.05, 0.1) is 0 Å². The number of primary amides is 1. The van der Waals surface area contributed by atoms with Gasteiger partial charge in [0, 0.05) is 6.42 Å². The minimum Gasteiger partial charge on any atom is -0.370 e. The van der Waals surface area contributed by atoms with Crippen LogP contribution in [0.25, 0.3) is 0 Å². The van der Waals surface area contributed by atoms with E-state index in [0.29, 0.717) is 6.42 Å². The third-order valence-electron chi connectivity index (χ3n) is 1.16. The summed E-state index contributed by atoms with van der Waals surface area (Å²) in [5, 5.41) is 7.34. The van der Waals surface area contributed by atoms with E-state index in [2.05, 4.69) is 10.2 Å². The molecule has 0 aliphatic carbocycles. The van der Waals surface area contributed by atoms with Gasteiger partial charge in [-0.1, -0.05) is 0 Å². The molecule has 50 valence electrons. The summed E-state index contributed by atoms with van der Waals surface area (Å²) in [6, 6.07) is 0. The van der Waals surface area contributed by atoms with Gasteiger partial charge in [0.15, 0.2) is 6.17 Å². The van der Waals surface area contributed by atoms with E-state index in [-0.39, 0.29) is 12.1 Å². The predicted octanol–water partition coefficient (Wildman–Crippen LogP) is 0.434. The van der Waals surface area contributed by atoms with Gasteiger partial charge in [-0.05, 0) is 12.8 Å². The lowest BCUT2D eigenvalue weighted by Gasteiger charge is -1.90. The molecule has 0 saturated carbocycles. The third-order valence-corrected chi connectivity index (χ3v) is 1.16. The molecule has 1 aliphatic heterocycles. The molecular weight excluding hydrogens is 118 g/mol. The van der Waals surface area contributed by atoms with Crippen LogP contribution in [0.15, 0.2) is 10.2 Å². The van der Waals surface area contributed by atoms with Crippen molar-refractivity contribution in [1.29, 1.82) is 0 Å². The van der Waals surface area contributed by atoms with Crippen LogP contribution in [-0.2, 0) is 4.79 Å². The summed E-state index contributed by atoms with van der Waals surface area (Å²) in [7, 11) is 0. The number of carbonyl (C=O) groups is 1. The third kappa shape index (κ3) is 2.79. The van der Waals surface area contributed by atoms with Crippen LogP contribution < -0.4 is 5.73 Å².